The van der Waals surface area contributed by atoms with Crippen molar-refractivity contribution in [3.63, 3.8) is 0 Å². The molecule has 0 aromatic heterocycles. The first kappa shape index (κ1) is 13.6. The monoisotopic (exact) mass is 257 g/mol. The van der Waals surface area contributed by atoms with E-state index in [4.69, 9.17) is 21.1 Å². The summed E-state index contributed by atoms with van der Waals surface area (Å²) in [7, 11) is 3.23. The van der Waals surface area contributed by atoms with Crippen LogP contribution in [0.3, 0.4) is 0 Å². The molecule has 0 unspecified atom stereocenters. The fourth-order valence-corrected chi connectivity index (χ4v) is 1.56. The second kappa shape index (κ2) is 7.01. The Labute approximate surface area is 106 Å². The number of carbonyl (C=O) groups excluding carboxylic acids is 1. The molecule has 1 rings (SSSR count). The van der Waals surface area contributed by atoms with Gasteiger partial charge >= 0.3 is 0 Å². The normalized spacial score (nSPS) is 9.82. The molecule has 0 aliphatic heterocycles. The SMILES string of the molecule is COc1ccc(OC)c(CCNC(=O)CCl)c1. The zero-order chi connectivity index (χ0) is 12.7. The van der Waals surface area contributed by atoms with Crippen molar-refractivity contribution in [2.45, 2.75) is 6.42 Å². The van der Waals surface area contributed by atoms with Gasteiger partial charge in [-0.25, -0.2) is 0 Å². The van der Waals surface area contributed by atoms with Crippen LogP contribution in [0.15, 0.2) is 18.2 Å². The minimum atomic E-state index is -0.173. The van der Waals surface area contributed by atoms with Gasteiger partial charge in [0, 0.05) is 6.54 Å². The van der Waals surface area contributed by atoms with Gasteiger partial charge in [-0.05, 0) is 30.2 Å². The Morgan fingerprint density at radius 1 is 1.35 bits per heavy atom. The number of benzene rings is 1. The summed E-state index contributed by atoms with van der Waals surface area (Å²) >= 11 is 5.38. The number of ether oxygens (including phenoxy) is 2. The number of amides is 1. The molecule has 0 bridgehead atoms. The van der Waals surface area contributed by atoms with E-state index in [1.165, 1.54) is 0 Å². The van der Waals surface area contributed by atoms with Gasteiger partial charge in [-0.2, -0.15) is 0 Å². The van der Waals surface area contributed by atoms with E-state index in [2.05, 4.69) is 5.32 Å². The molecule has 0 saturated carbocycles. The number of methoxy groups -OCH3 is 2. The highest BCUT2D eigenvalue weighted by Crippen LogP contribution is 2.23. The maximum atomic E-state index is 11.0. The molecule has 4 nitrogen and oxygen atoms in total. The number of carbonyl (C=O) groups is 1. The van der Waals surface area contributed by atoms with Crippen LogP contribution in [0.25, 0.3) is 0 Å². The molecule has 5 heteroatoms. The molecule has 1 N–H and O–H groups in total. The van der Waals surface area contributed by atoms with E-state index in [1.54, 1.807) is 14.2 Å². The largest absolute Gasteiger partial charge is 0.497 e. The average molecular weight is 258 g/mol. The number of rotatable bonds is 6. The Morgan fingerprint density at radius 2 is 2.12 bits per heavy atom. The summed E-state index contributed by atoms with van der Waals surface area (Å²) < 4.78 is 10.4. The molecule has 0 aliphatic carbocycles. The van der Waals surface area contributed by atoms with Crippen molar-refractivity contribution in [2.24, 2.45) is 0 Å². The zero-order valence-corrected chi connectivity index (χ0v) is 10.7. The molecule has 1 aromatic carbocycles. The number of hydrogen-bond acceptors (Lipinski definition) is 3. The third-order valence-corrected chi connectivity index (χ3v) is 2.57. The van der Waals surface area contributed by atoms with Crippen molar-refractivity contribution in [1.82, 2.24) is 5.32 Å². The summed E-state index contributed by atoms with van der Waals surface area (Å²) in [6, 6.07) is 5.57. The second-order valence-corrected chi connectivity index (χ2v) is 3.68. The van der Waals surface area contributed by atoms with Crippen LogP contribution < -0.4 is 14.8 Å². The first-order valence-corrected chi connectivity index (χ1v) is 5.78. The highest BCUT2D eigenvalue weighted by molar-refractivity contribution is 6.27. The minimum Gasteiger partial charge on any atom is -0.497 e. The third kappa shape index (κ3) is 4.15. The lowest BCUT2D eigenvalue weighted by Crippen LogP contribution is -2.26. The molecule has 0 radical (unpaired) electrons. The van der Waals surface area contributed by atoms with E-state index in [0.29, 0.717) is 13.0 Å². The molecule has 1 aromatic rings. The van der Waals surface area contributed by atoms with Crippen LogP contribution >= 0.6 is 11.6 Å². The van der Waals surface area contributed by atoms with Crippen LogP contribution in [0.2, 0.25) is 0 Å². The topological polar surface area (TPSA) is 47.6 Å². The van der Waals surface area contributed by atoms with E-state index >= 15 is 0 Å². The average Bonchev–Trinajstić information content (AvgIpc) is 2.38. The Morgan fingerprint density at radius 3 is 2.71 bits per heavy atom. The Hall–Kier alpha value is -1.42. The Bertz CT molecular complexity index is 382. The van der Waals surface area contributed by atoms with Crippen LogP contribution in [0.4, 0.5) is 0 Å². The maximum Gasteiger partial charge on any atom is 0.234 e. The van der Waals surface area contributed by atoms with Crippen LogP contribution in [0.1, 0.15) is 5.56 Å². The van der Waals surface area contributed by atoms with Crippen molar-refractivity contribution >= 4 is 17.5 Å². The molecule has 1 amide bonds. The van der Waals surface area contributed by atoms with Gasteiger partial charge in [-0.3, -0.25) is 4.79 Å². The molecule has 0 spiro atoms. The lowest BCUT2D eigenvalue weighted by atomic mass is 10.1. The van der Waals surface area contributed by atoms with E-state index in [-0.39, 0.29) is 11.8 Å². The van der Waals surface area contributed by atoms with Crippen molar-refractivity contribution in [2.75, 3.05) is 26.6 Å². The molecule has 0 heterocycles. The van der Waals surface area contributed by atoms with Crippen molar-refractivity contribution in [3.8, 4) is 11.5 Å². The van der Waals surface area contributed by atoms with Gasteiger partial charge in [0.05, 0.1) is 14.2 Å². The van der Waals surface area contributed by atoms with E-state index in [1.807, 2.05) is 18.2 Å². The number of alkyl halides is 1. The second-order valence-electron chi connectivity index (χ2n) is 3.41. The molecular formula is C12H16ClNO3. The molecule has 0 aliphatic rings. The highest BCUT2D eigenvalue weighted by Gasteiger charge is 2.05. The van der Waals surface area contributed by atoms with Gasteiger partial charge in [-0.15, -0.1) is 11.6 Å². The van der Waals surface area contributed by atoms with Gasteiger partial charge in [-0.1, -0.05) is 0 Å². The summed E-state index contributed by atoms with van der Waals surface area (Å²) in [6.45, 7) is 0.523. The third-order valence-electron chi connectivity index (χ3n) is 2.33. The molecule has 94 valence electrons. The first-order chi connectivity index (χ1) is 8.21. The fourth-order valence-electron chi connectivity index (χ4n) is 1.46. The highest BCUT2D eigenvalue weighted by atomic mass is 35.5. The maximum absolute atomic E-state index is 11.0. The van der Waals surface area contributed by atoms with Gasteiger partial charge in [0.25, 0.3) is 0 Å². The molecular weight excluding hydrogens is 242 g/mol. The van der Waals surface area contributed by atoms with Gasteiger partial charge < -0.3 is 14.8 Å². The predicted octanol–water partition coefficient (Wildman–Crippen LogP) is 1.60. The van der Waals surface area contributed by atoms with E-state index < -0.39 is 0 Å². The molecule has 0 fully saturated rings. The summed E-state index contributed by atoms with van der Waals surface area (Å²) in [6.07, 6.45) is 0.670. The fraction of sp³-hybridized carbons (Fsp3) is 0.417. The van der Waals surface area contributed by atoms with E-state index in [9.17, 15) is 4.79 Å². The molecule has 17 heavy (non-hydrogen) atoms. The van der Waals surface area contributed by atoms with Crippen LogP contribution in [0.5, 0.6) is 11.5 Å². The first-order valence-electron chi connectivity index (χ1n) is 5.24. The van der Waals surface area contributed by atoms with Crippen molar-refractivity contribution < 1.29 is 14.3 Å². The molecule has 0 saturated heterocycles. The lowest BCUT2D eigenvalue weighted by Gasteiger charge is -2.10. The lowest BCUT2D eigenvalue weighted by molar-refractivity contribution is -0.118. The Balaban J connectivity index is 2.64. The quantitative estimate of drug-likeness (QED) is 0.788. The summed E-state index contributed by atoms with van der Waals surface area (Å²) in [5.41, 5.74) is 0.988. The number of nitrogens with one attached hydrogen (secondary N) is 1. The van der Waals surface area contributed by atoms with Crippen molar-refractivity contribution in [1.29, 1.82) is 0 Å². The Kier molecular flexibility index (Phi) is 5.63. The summed E-state index contributed by atoms with van der Waals surface area (Å²) in [5, 5.41) is 2.70. The van der Waals surface area contributed by atoms with Crippen molar-refractivity contribution in [3.05, 3.63) is 23.8 Å². The smallest absolute Gasteiger partial charge is 0.234 e. The number of halogens is 1. The predicted molar refractivity (Wildman–Crippen MR) is 67.0 cm³/mol. The van der Waals surface area contributed by atoms with Crippen LogP contribution in [0, 0.1) is 0 Å². The van der Waals surface area contributed by atoms with Gasteiger partial charge in [0.2, 0.25) is 5.91 Å². The number of hydrogen-bond donors (Lipinski definition) is 1. The van der Waals surface area contributed by atoms with E-state index in [0.717, 1.165) is 17.1 Å². The minimum absolute atomic E-state index is 0.0186. The summed E-state index contributed by atoms with van der Waals surface area (Å²) in [4.78, 5) is 11.0. The van der Waals surface area contributed by atoms with Crippen LogP contribution in [-0.2, 0) is 11.2 Å². The zero-order valence-electron chi connectivity index (χ0n) is 9.96. The summed E-state index contributed by atoms with van der Waals surface area (Å²) in [5.74, 6) is 1.36. The molecule has 0 atom stereocenters. The standard InChI is InChI=1S/C12H16ClNO3/c1-16-10-3-4-11(17-2)9(7-10)5-6-14-12(15)8-13/h3-4,7H,5-6,8H2,1-2H3,(H,14,15). The van der Waals surface area contributed by atoms with Gasteiger partial charge in [0.1, 0.15) is 17.4 Å². The van der Waals surface area contributed by atoms with Gasteiger partial charge in [0.15, 0.2) is 0 Å². The van der Waals surface area contributed by atoms with Crippen LogP contribution in [-0.4, -0.2) is 32.6 Å².